The molecule has 2 aromatic carbocycles. The maximum atomic E-state index is 12.9. The van der Waals surface area contributed by atoms with Crippen molar-refractivity contribution in [3.05, 3.63) is 59.2 Å². The quantitative estimate of drug-likeness (QED) is 0.754. The molecule has 1 saturated heterocycles. The molecule has 2 N–H and O–H groups in total. The van der Waals surface area contributed by atoms with Crippen LogP contribution in [-0.4, -0.2) is 34.9 Å². The smallest absolute Gasteiger partial charge is 0.253 e. The van der Waals surface area contributed by atoms with Gasteiger partial charge in [0.25, 0.3) is 5.91 Å². The lowest BCUT2D eigenvalue weighted by Gasteiger charge is -2.32. The highest BCUT2D eigenvalue weighted by molar-refractivity contribution is 5.97. The lowest BCUT2D eigenvalue weighted by molar-refractivity contribution is -0.121. The third kappa shape index (κ3) is 4.97. The summed E-state index contributed by atoms with van der Waals surface area (Å²) in [5, 5.41) is 13.1. The van der Waals surface area contributed by atoms with Crippen molar-refractivity contribution >= 4 is 17.5 Å². The molecular formula is C24H30N2O3. The molecule has 5 heteroatoms. The Morgan fingerprint density at radius 1 is 1.10 bits per heavy atom. The predicted molar refractivity (Wildman–Crippen MR) is 115 cm³/mol. The molecule has 1 unspecified atom stereocenters. The number of likely N-dealkylation sites (tertiary alicyclic amines) is 1. The number of phenols is 1. The Kier molecular flexibility index (Phi) is 5.96. The van der Waals surface area contributed by atoms with Crippen molar-refractivity contribution in [3.63, 3.8) is 0 Å². The van der Waals surface area contributed by atoms with Crippen molar-refractivity contribution in [1.82, 2.24) is 4.90 Å². The molecule has 1 aliphatic rings. The monoisotopic (exact) mass is 394 g/mol. The van der Waals surface area contributed by atoms with Gasteiger partial charge in [-0.2, -0.15) is 0 Å². The molecular weight excluding hydrogens is 364 g/mol. The van der Waals surface area contributed by atoms with E-state index in [0.717, 1.165) is 24.0 Å². The summed E-state index contributed by atoms with van der Waals surface area (Å²) in [7, 11) is 0. The van der Waals surface area contributed by atoms with E-state index in [2.05, 4.69) is 26.1 Å². The first kappa shape index (κ1) is 20.9. The first-order valence-corrected chi connectivity index (χ1v) is 10.2. The molecule has 0 aromatic heterocycles. The molecule has 0 bridgehead atoms. The van der Waals surface area contributed by atoms with Crippen LogP contribution in [0.1, 0.15) is 55.1 Å². The second-order valence-electron chi connectivity index (χ2n) is 8.93. The molecule has 5 nitrogen and oxygen atoms in total. The molecule has 1 heterocycles. The van der Waals surface area contributed by atoms with E-state index in [-0.39, 0.29) is 28.9 Å². The van der Waals surface area contributed by atoms with Crippen LogP contribution in [0.5, 0.6) is 5.75 Å². The molecule has 2 amide bonds. The number of nitrogens with zero attached hydrogens (tertiary/aromatic N) is 1. The maximum Gasteiger partial charge on any atom is 0.253 e. The number of hydrogen-bond acceptors (Lipinski definition) is 3. The minimum Gasteiger partial charge on any atom is -0.506 e. The standard InChI is InChI=1S/C24H30N2O3/c1-16-7-9-17(10-8-16)23(29)26-13-5-6-18(15-26)22(28)25-20-14-19(24(2,3)4)11-12-21(20)27/h7-12,14,18,27H,5-6,13,15H2,1-4H3,(H,25,28). The highest BCUT2D eigenvalue weighted by atomic mass is 16.3. The normalized spacial score (nSPS) is 17.1. The van der Waals surface area contributed by atoms with Crippen molar-refractivity contribution in [2.24, 2.45) is 5.92 Å². The largest absolute Gasteiger partial charge is 0.506 e. The van der Waals surface area contributed by atoms with Crippen LogP contribution >= 0.6 is 0 Å². The van der Waals surface area contributed by atoms with Crippen molar-refractivity contribution in [2.75, 3.05) is 18.4 Å². The summed E-state index contributed by atoms with van der Waals surface area (Å²) in [6.45, 7) is 9.28. The number of anilines is 1. The van der Waals surface area contributed by atoms with Gasteiger partial charge in [-0.05, 0) is 55.0 Å². The fraction of sp³-hybridized carbons (Fsp3) is 0.417. The summed E-state index contributed by atoms with van der Waals surface area (Å²) < 4.78 is 0. The second kappa shape index (κ2) is 8.27. The number of aryl methyl sites for hydroxylation is 1. The van der Waals surface area contributed by atoms with Crippen LogP contribution in [0.3, 0.4) is 0 Å². The van der Waals surface area contributed by atoms with Crippen molar-refractivity contribution < 1.29 is 14.7 Å². The van der Waals surface area contributed by atoms with Gasteiger partial charge in [-0.15, -0.1) is 0 Å². The van der Waals surface area contributed by atoms with Gasteiger partial charge in [-0.25, -0.2) is 0 Å². The number of benzene rings is 2. The van der Waals surface area contributed by atoms with Crippen molar-refractivity contribution in [3.8, 4) is 5.75 Å². The van der Waals surface area contributed by atoms with Gasteiger partial charge in [0.05, 0.1) is 11.6 Å². The van der Waals surface area contributed by atoms with E-state index in [0.29, 0.717) is 24.3 Å². The van der Waals surface area contributed by atoms with E-state index < -0.39 is 0 Å². The highest BCUT2D eigenvalue weighted by Crippen LogP contribution is 2.31. The van der Waals surface area contributed by atoms with Crippen LogP contribution in [0.2, 0.25) is 0 Å². The highest BCUT2D eigenvalue weighted by Gasteiger charge is 2.29. The Morgan fingerprint density at radius 3 is 2.45 bits per heavy atom. The minimum absolute atomic E-state index is 0.0416. The van der Waals surface area contributed by atoms with E-state index in [4.69, 9.17) is 0 Å². The Hall–Kier alpha value is -2.82. The fourth-order valence-electron chi connectivity index (χ4n) is 3.59. The summed E-state index contributed by atoms with van der Waals surface area (Å²) >= 11 is 0. The third-order valence-electron chi connectivity index (χ3n) is 5.50. The summed E-state index contributed by atoms with van der Waals surface area (Å²) in [5.74, 6) is -0.446. The topological polar surface area (TPSA) is 69.6 Å². The molecule has 0 spiro atoms. The van der Waals surface area contributed by atoms with Gasteiger partial charge in [0.2, 0.25) is 5.91 Å². The SMILES string of the molecule is Cc1ccc(C(=O)N2CCCC(C(=O)Nc3cc(C(C)(C)C)ccc3O)C2)cc1. The number of nitrogens with one attached hydrogen (secondary N) is 1. The minimum atomic E-state index is -0.296. The number of hydrogen-bond donors (Lipinski definition) is 2. The molecule has 0 aliphatic carbocycles. The van der Waals surface area contributed by atoms with E-state index in [1.807, 2.05) is 43.3 Å². The molecule has 1 atom stereocenters. The molecule has 1 fully saturated rings. The Balaban J connectivity index is 1.70. The average molecular weight is 395 g/mol. The van der Waals surface area contributed by atoms with Crippen LogP contribution in [0.25, 0.3) is 0 Å². The van der Waals surface area contributed by atoms with Crippen molar-refractivity contribution in [1.29, 1.82) is 0 Å². The van der Waals surface area contributed by atoms with Crippen LogP contribution in [-0.2, 0) is 10.2 Å². The number of amides is 2. The number of rotatable bonds is 3. The Labute approximate surface area is 172 Å². The summed E-state index contributed by atoms with van der Waals surface area (Å²) in [6, 6.07) is 12.8. The second-order valence-corrected chi connectivity index (χ2v) is 8.93. The van der Waals surface area contributed by atoms with Gasteiger partial charge in [0.1, 0.15) is 5.75 Å². The summed E-state index contributed by atoms with van der Waals surface area (Å²) in [5.41, 5.74) is 3.12. The molecule has 2 aromatic rings. The van der Waals surface area contributed by atoms with Crippen molar-refractivity contribution in [2.45, 2.75) is 46.0 Å². The lowest BCUT2D eigenvalue weighted by atomic mass is 9.86. The number of piperidine rings is 1. The number of carbonyl (C=O) groups excluding carboxylic acids is 2. The Morgan fingerprint density at radius 2 is 1.79 bits per heavy atom. The van der Waals surface area contributed by atoms with Gasteiger partial charge < -0.3 is 15.3 Å². The van der Waals surface area contributed by atoms with Gasteiger partial charge in [0.15, 0.2) is 0 Å². The third-order valence-corrected chi connectivity index (χ3v) is 5.50. The molecule has 1 aliphatic heterocycles. The molecule has 29 heavy (non-hydrogen) atoms. The lowest BCUT2D eigenvalue weighted by Crippen LogP contribution is -2.43. The van der Waals surface area contributed by atoms with Crippen LogP contribution < -0.4 is 5.32 Å². The Bertz CT molecular complexity index is 897. The average Bonchev–Trinajstić information content (AvgIpc) is 2.69. The zero-order valence-corrected chi connectivity index (χ0v) is 17.7. The van der Waals surface area contributed by atoms with Gasteiger partial charge in [-0.1, -0.05) is 44.5 Å². The molecule has 0 saturated carbocycles. The molecule has 0 radical (unpaired) electrons. The van der Waals surface area contributed by atoms with E-state index in [9.17, 15) is 14.7 Å². The first-order chi connectivity index (χ1) is 13.6. The predicted octanol–water partition coefficient (Wildman–Crippen LogP) is 4.49. The van der Waals surface area contributed by atoms with E-state index in [1.54, 1.807) is 11.0 Å². The zero-order chi connectivity index (χ0) is 21.2. The van der Waals surface area contributed by atoms with E-state index >= 15 is 0 Å². The fourth-order valence-corrected chi connectivity index (χ4v) is 3.59. The van der Waals surface area contributed by atoms with E-state index in [1.165, 1.54) is 0 Å². The molecule has 154 valence electrons. The summed E-state index contributed by atoms with van der Waals surface area (Å²) in [6.07, 6.45) is 1.51. The van der Waals surface area contributed by atoms with Crippen LogP contribution in [0, 0.1) is 12.8 Å². The van der Waals surface area contributed by atoms with Crippen LogP contribution in [0.15, 0.2) is 42.5 Å². The maximum absolute atomic E-state index is 12.9. The summed E-state index contributed by atoms with van der Waals surface area (Å²) in [4.78, 5) is 27.4. The number of aromatic hydroxyl groups is 1. The molecule has 3 rings (SSSR count). The van der Waals surface area contributed by atoms with Gasteiger partial charge in [-0.3, -0.25) is 9.59 Å². The number of phenolic OH excluding ortho intramolecular Hbond substituents is 1. The van der Waals surface area contributed by atoms with Gasteiger partial charge >= 0.3 is 0 Å². The number of carbonyl (C=O) groups is 2. The van der Waals surface area contributed by atoms with Gasteiger partial charge in [0, 0.05) is 18.7 Å². The first-order valence-electron chi connectivity index (χ1n) is 10.2. The zero-order valence-electron chi connectivity index (χ0n) is 17.7. The van der Waals surface area contributed by atoms with Crippen LogP contribution in [0.4, 0.5) is 5.69 Å².